The van der Waals surface area contributed by atoms with E-state index in [0.29, 0.717) is 10.8 Å². The second-order valence-electron chi connectivity index (χ2n) is 4.16. The second kappa shape index (κ2) is 5.28. The molecule has 0 radical (unpaired) electrons. The number of halogens is 1. The molecule has 0 bridgehead atoms. The van der Waals surface area contributed by atoms with E-state index in [1.807, 2.05) is 13.8 Å². The van der Waals surface area contributed by atoms with Crippen molar-refractivity contribution in [1.29, 1.82) is 0 Å². The lowest BCUT2D eigenvalue weighted by molar-refractivity contribution is 0.0696. The van der Waals surface area contributed by atoms with E-state index in [-0.39, 0.29) is 11.4 Å². The van der Waals surface area contributed by atoms with Crippen LogP contribution in [0.3, 0.4) is 0 Å². The highest BCUT2D eigenvalue weighted by Crippen LogP contribution is 2.28. The molecule has 1 N–H and O–H groups in total. The van der Waals surface area contributed by atoms with E-state index in [9.17, 15) is 4.79 Å². The van der Waals surface area contributed by atoms with Gasteiger partial charge < -0.3 is 9.84 Å². The summed E-state index contributed by atoms with van der Waals surface area (Å²) in [6.07, 6.45) is 1.40. The summed E-state index contributed by atoms with van der Waals surface area (Å²) in [4.78, 5) is 14.8. The Morgan fingerprint density at radius 1 is 1.26 bits per heavy atom. The largest absolute Gasteiger partial charge is 0.478 e. The number of aromatic nitrogens is 1. The Kier molecular flexibility index (Phi) is 3.71. The number of carboxylic acid groups (broad SMARTS) is 1. The lowest BCUT2D eigenvalue weighted by atomic mass is 10.1. The third-order valence-electron chi connectivity index (χ3n) is 2.61. The molecule has 1 heterocycles. The van der Waals surface area contributed by atoms with Crippen LogP contribution in [0.25, 0.3) is 0 Å². The van der Waals surface area contributed by atoms with Crippen LogP contribution >= 0.6 is 11.6 Å². The van der Waals surface area contributed by atoms with E-state index < -0.39 is 5.97 Å². The van der Waals surface area contributed by atoms with Crippen molar-refractivity contribution in [3.05, 3.63) is 52.2 Å². The number of carboxylic acids is 1. The molecular formula is C14H12ClNO3. The average Bonchev–Trinajstić information content (AvgIpc) is 2.36. The smallest absolute Gasteiger partial charge is 0.335 e. The molecule has 5 heteroatoms. The van der Waals surface area contributed by atoms with E-state index in [0.717, 1.165) is 11.1 Å². The lowest BCUT2D eigenvalue weighted by Crippen LogP contribution is -1.98. The molecule has 1 aromatic carbocycles. The Balaban J connectivity index is 2.31. The highest BCUT2D eigenvalue weighted by Gasteiger charge is 2.08. The number of hydrogen-bond donors (Lipinski definition) is 1. The summed E-state index contributed by atoms with van der Waals surface area (Å²) in [6, 6.07) is 6.35. The fourth-order valence-electron chi connectivity index (χ4n) is 1.68. The normalized spacial score (nSPS) is 10.3. The minimum atomic E-state index is -1.02. The minimum Gasteiger partial charge on any atom is -0.478 e. The topological polar surface area (TPSA) is 59.4 Å². The van der Waals surface area contributed by atoms with Gasteiger partial charge in [-0.3, -0.25) is 0 Å². The second-order valence-corrected chi connectivity index (χ2v) is 4.54. The molecule has 19 heavy (non-hydrogen) atoms. The first-order chi connectivity index (χ1) is 8.97. The molecule has 0 aliphatic heterocycles. The maximum absolute atomic E-state index is 10.9. The van der Waals surface area contributed by atoms with E-state index in [4.69, 9.17) is 21.4 Å². The van der Waals surface area contributed by atoms with Crippen molar-refractivity contribution in [2.45, 2.75) is 13.8 Å². The molecule has 0 atom stereocenters. The van der Waals surface area contributed by atoms with Crippen LogP contribution < -0.4 is 4.74 Å². The van der Waals surface area contributed by atoms with Gasteiger partial charge in [0.1, 0.15) is 5.75 Å². The molecule has 0 saturated carbocycles. The van der Waals surface area contributed by atoms with Gasteiger partial charge in [-0.15, -0.1) is 0 Å². The molecule has 2 aromatic rings. The Hall–Kier alpha value is -2.07. The molecule has 2 rings (SSSR count). The lowest BCUT2D eigenvalue weighted by Gasteiger charge is -2.09. The van der Waals surface area contributed by atoms with E-state index in [1.165, 1.54) is 18.3 Å². The fraction of sp³-hybridized carbons (Fsp3) is 0.143. The zero-order valence-corrected chi connectivity index (χ0v) is 11.2. The van der Waals surface area contributed by atoms with Crippen molar-refractivity contribution in [2.24, 2.45) is 0 Å². The van der Waals surface area contributed by atoms with Gasteiger partial charge in [0.2, 0.25) is 5.88 Å². The highest BCUT2D eigenvalue weighted by molar-refractivity contribution is 6.32. The number of nitrogens with zero attached hydrogens (tertiary/aromatic N) is 1. The van der Waals surface area contributed by atoms with Gasteiger partial charge in [-0.1, -0.05) is 11.6 Å². The summed E-state index contributed by atoms with van der Waals surface area (Å²) in [5.41, 5.74) is 1.92. The number of benzene rings is 1. The van der Waals surface area contributed by atoms with Gasteiger partial charge in [-0.25, -0.2) is 9.78 Å². The molecule has 0 aliphatic carbocycles. The summed E-state index contributed by atoms with van der Waals surface area (Å²) >= 11 is 6.07. The number of aromatic carboxylic acids is 1. The van der Waals surface area contributed by atoms with Gasteiger partial charge in [0.25, 0.3) is 0 Å². The van der Waals surface area contributed by atoms with Gasteiger partial charge >= 0.3 is 5.97 Å². The molecule has 0 spiro atoms. The van der Waals surface area contributed by atoms with Crippen LogP contribution in [0.2, 0.25) is 5.02 Å². The molecule has 0 unspecified atom stereocenters. The van der Waals surface area contributed by atoms with Crippen LogP contribution in [0.4, 0.5) is 0 Å². The molecule has 98 valence electrons. The van der Waals surface area contributed by atoms with Gasteiger partial charge in [0, 0.05) is 17.3 Å². The zero-order chi connectivity index (χ0) is 14.0. The van der Waals surface area contributed by atoms with Crippen molar-refractivity contribution in [3.8, 4) is 11.6 Å². The van der Waals surface area contributed by atoms with Crippen LogP contribution in [-0.4, -0.2) is 16.1 Å². The molecular weight excluding hydrogens is 266 g/mol. The van der Waals surface area contributed by atoms with Crippen molar-refractivity contribution < 1.29 is 14.6 Å². The maximum atomic E-state index is 10.9. The summed E-state index contributed by atoms with van der Waals surface area (Å²) in [5, 5.41) is 9.59. The van der Waals surface area contributed by atoms with Crippen molar-refractivity contribution in [3.63, 3.8) is 0 Å². The SMILES string of the molecule is Cc1cc(Oc2cc(C(=O)O)ccn2)cc(C)c1Cl. The first-order valence-electron chi connectivity index (χ1n) is 5.61. The van der Waals surface area contributed by atoms with E-state index in [2.05, 4.69) is 4.98 Å². The van der Waals surface area contributed by atoms with Crippen LogP contribution in [0.15, 0.2) is 30.5 Å². The van der Waals surface area contributed by atoms with E-state index >= 15 is 0 Å². The van der Waals surface area contributed by atoms with Crippen molar-refractivity contribution in [1.82, 2.24) is 4.98 Å². The van der Waals surface area contributed by atoms with Gasteiger partial charge in [-0.2, -0.15) is 0 Å². The molecule has 1 aromatic heterocycles. The first kappa shape index (κ1) is 13.4. The summed E-state index contributed by atoms with van der Waals surface area (Å²) in [5.74, 6) is -0.203. The van der Waals surface area contributed by atoms with E-state index in [1.54, 1.807) is 12.1 Å². The standard InChI is InChI=1S/C14H12ClNO3/c1-8-5-11(6-9(2)13(8)15)19-12-7-10(14(17)18)3-4-16-12/h3-7H,1-2H3,(H,17,18). The van der Waals surface area contributed by atoms with Crippen molar-refractivity contribution >= 4 is 17.6 Å². The molecule has 0 amide bonds. The predicted octanol–water partition coefficient (Wildman–Crippen LogP) is 3.84. The summed E-state index contributed by atoms with van der Waals surface area (Å²) < 4.78 is 5.55. The minimum absolute atomic E-state index is 0.132. The maximum Gasteiger partial charge on any atom is 0.335 e. The first-order valence-corrected chi connectivity index (χ1v) is 5.99. The number of aryl methyl sites for hydroxylation is 2. The fourth-order valence-corrected chi connectivity index (χ4v) is 1.79. The Morgan fingerprint density at radius 2 is 1.89 bits per heavy atom. The predicted molar refractivity (Wildman–Crippen MR) is 72.2 cm³/mol. The summed E-state index contributed by atoms with van der Waals surface area (Å²) in [6.45, 7) is 3.76. The Morgan fingerprint density at radius 3 is 2.47 bits per heavy atom. The van der Waals surface area contributed by atoms with Gasteiger partial charge in [0.05, 0.1) is 5.56 Å². The van der Waals surface area contributed by atoms with Gasteiger partial charge in [0.15, 0.2) is 0 Å². The summed E-state index contributed by atoms with van der Waals surface area (Å²) in [7, 11) is 0. The number of pyridine rings is 1. The quantitative estimate of drug-likeness (QED) is 0.926. The average molecular weight is 278 g/mol. The monoisotopic (exact) mass is 277 g/mol. The van der Waals surface area contributed by atoms with Crippen molar-refractivity contribution in [2.75, 3.05) is 0 Å². The third-order valence-corrected chi connectivity index (χ3v) is 3.21. The number of hydrogen-bond acceptors (Lipinski definition) is 3. The van der Waals surface area contributed by atoms with Crippen LogP contribution in [0.1, 0.15) is 21.5 Å². The Labute approximate surface area is 115 Å². The van der Waals surface area contributed by atoms with Gasteiger partial charge in [-0.05, 0) is 43.2 Å². The molecule has 0 fully saturated rings. The zero-order valence-electron chi connectivity index (χ0n) is 10.5. The molecule has 0 aliphatic rings. The number of carbonyl (C=O) groups is 1. The Bertz CT molecular complexity index is 617. The molecule has 0 saturated heterocycles. The van der Waals surface area contributed by atoms with Crippen LogP contribution in [0, 0.1) is 13.8 Å². The highest BCUT2D eigenvalue weighted by atomic mass is 35.5. The molecule has 4 nitrogen and oxygen atoms in total. The van der Waals surface area contributed by atoms with Crippen LogP contribution in [-0.2, 0) is 0 Å². The number of ether oxygens (including phenoxy) is 1. The van der Waals surface area contributed by atoms with Crippen LogP contribution in [0.5, 0.6) is 11.6 Å². The third kappa shape index (κ3) is 3.03. The number of rotatable bonds is 3.